The molecule has 1 aliphatic heterocycles. The Balaban J connectivity index is 1.66. The second kappa shape index (κ2) is 5.64. The molecule has 3 saturated carbocycles. The maximum atomic E-state index is 14.5. The Bertz CT molecular complexity index is 943. The number of allylic oxidation sites excluding steroid dienone is 1. The number of benzene rings is 1. The van der Waals surface area contributed by atoms with Crippen LogP contribution in [-0.4, -0.2) is 21.6 Å². The topological polar surface area (TPSA) is 19.0 Å². The van der Waals surface area contributed by atoms with E-state index in [2.05, 4.69) is 53.6 Å². The van der Waals surface area contributed by atoms with E-state index in [0.717, 1.165) is 25.0 Å². The minimum absolute atomic E-state index is 0.00898. The van der Waals surface area contributed by atoms with E-state index >= 15 is 0 Å². The van der Waals surface area contributed by atoms with E-state index in [0.29, 0.717) is 25.3 Å². The number of halogens is 1. The lowest BCUT2D eigenvalue weighted by atomic mass is 9.39. The van der Waals surface area contributed by atoms with Crippen molar-refractivity contribution in [2.45, 2.75) is 69.6 Å². The second-order valence-corrected chi connectivity index (χ2v) is 9.01. The number of fused-ring (bicyclic) bond motifs is 3. The normalized spacial score (nSPS) is 33.7. The number of nitrogens with one attached hydrogen (secondary N) is 1. The fourth-order valence-corrected chi connectivity index (χ4v) is 6.12. The predicted octanol–water partition coefficient (Wildman–Crippen LogP) is 5.67. The lowest BCUT2D eigenvalue weighted by Crippen LogP contribution is -2.70. The molecule has 2 nitrogen and oxygen atoms in total. The van der Waals surface area contributed by atoms with Crippen molar-refractivity contribution in [1.82, 2.24) is 9.88 Å². The highest BCUT2D eigenvalue weighted by atomic mass is 19.1. The van der Waals surface area contributed by atoms with Crippen molar-refractivity contribution in [1.29, 1.82) is 0 Å². The maximum absolute atomic E-state index is 14.5. The van der Waals surface area contributed by atoms with Gasteiger partial charge in [0.15, 0.2) is 0 Å². The number of hydrogen-bond donors (Lipinski definition) is 1. The number of rotatable bonds is 5. The molecule has 4 aliphatic rings. The minimum atomic E-state index is -0.925. The Labute approximate surface area is 160 Å². The molecule has 2 aromatic rings. The number of nitrogens with zero attached hydrogens (tertiary/aromatic N) is 1. The van der Waals surface area contributed by atoms with Crippen LogP contribution in [0.5, 0.6) is 0 Å². The molecule has 27 heavy (non-hydrogen) atoms. The zero-order valence-corrected chi connectivity index (χ0v) is 16.0. The Hall–Kier alpha value is -2.21. The first-order chi connectivity index (χ1) is 13.0. The molecular weight excluding hydrogens is 335 g/mol. The van der Waals surface area contributed by atoms with E-state index in [9.17, 15) is 4.39 Å². The number of aromatic nitrogens is 1. The van der Waals surface area contributed by atoms with E-state index in [1.165, 1.54) is 28.6 Å². The van der Waals surface area contributed by atoms with Crippen molar-refractivity contribution >= 4 is 10.9 Å². The molecule has 0 spiro atoms. The van der Waals surface area contributed by atoms with Gasteiger partial charge in [0.25, 0.3) is 0 Å². The summed E-state index contributed by atoms with van der Waals surface area (Å²) in [4.78, 5) is 6.07. The summed E-state index contributed by atoms with van der Waals surface area (Å²) in [6.45, 7) is 6.45. The zero-order chi connectivity index (χ0) is 18.8. The number of hydrogen-bond acceptors (Lipinski definition) is 1. The van der Waals surface area contributed by atoms with Crippen LogP contribution in [0.3, 0.4) is 0 Å². The average molecular weight is 362 g/mol. The standard InChI is InChI=1S/C24H27FN2/c1-4-6-9-17-12-19-18-10-7-8-11-20(18)26-21(19)22(27(17)16(3)5-2)23-13-24(25,14-23)15-23/h2,7-8,10-11,17,22,26H,3-4,6,9,12-15H2,1H3/t17-,22+,23?,24?/m0/s1. The molecule has 0 radical (unpaired) electrons. The van der Waals surface area contributed by atoms with E-state index in [4.69, 9.17) is 6.42 Å². The molecule has 1 N–H and O–H groups in total. The molecule has 3 heteroatoms. The van der Waals surface area contributed by atoms with Crippen LogP contribution in [0.4, 0.5) is 4.39 Å². The molecule has 0 unspecified atom stereocenters. The van der Waals surface area contributed by atoms with Crippen molar-refractivity contribution in [3.63, 3.8) is 0 Å². The van der Waals surface area contributed by atoms with Crippen LogP contribution in [-0.2, 0) is 6.42 Å². The Morgan fingerprint density at radius 1 is 1.37 bits per heavy atom. The van der Waals surface area contributed by atoms with Gasteiger partial charge in [0, 0.05) is 28.1 Å². The van der Waals surface area contributed by atoms with Gasteiger partial charge >= 0.3 is 0 Å². The first kappa shape index (κ1) is 16.9. The maximum Gasteiger partial charge on any atom is 0.113 e. The highest BCUT2D eigenvalue weighted by Crippen LogP contribution is 2.76. The van der Waals surface area contributed by atoms with E-state index in [1.54, 1.807) is 0 Å². The third kappa shape index (κ3) is 2.25. The molecular formula is C24H27FN2. The van der Waals surface area contributed by atoms with Crippen molar-refractivity contribution in [2.75, 3.05) is 0 Å². The van der Waals surface area contributed by atoms with E-state index in [1.807, 2.05) is 0 Å². The minimum Gasteiger partial charge on any atom is -0.356 e. The molecule has 140 valence electrons. The number of terminal acetylenes is 1. The van der Waals surface area contributed by atoms with Gasteiger partial charge in [-0.15, -0.1) is 6.42 Å². The highest BCUT2D eigenvalue weighted by molar-refractivity contribution is 5.85. The van der Waals surface area contributed by atoms with Crippen molar-refractivity contribution in [3.8, 4) is 12.3 Å². The van der Waals surface area contributed by atoms with Crippen molar-refractivity contribution in [2.24, 2.45) is 5.41 Å². The summed E-state index contributed by atoms with van der Waals surface area (Å²) in [6, 6.07) is 9.00. The monoisotopic (exact) mass is 362 g/mol. The third-order valence-electron chi connectivity index (χ3n) is 7.19. The summed E-state index contributed by atoms with van der Waals surface area (Å²) in [5, 5.41) is 1.31. The van der Waals surface area contributed by atoms with Gasteiger partial charge in [0.05, 0.1) is 11.7 Å². The summed E-state index contributed by atoms with van der Waals surface area (Å²) in [6.07, 6.45) is 12.2. The molecule has 3 aliphatic carbocycles. The molecule has 1 aromatic carbocycles. The van der Waals surface area contributed by atoms with Crippen molar-refractivity contribution in [3.05, 3.63) is 47.8 Å². The molecule has 2 heterocycles. The molecule has 0 saturated heterocycles. The Morgan fingerprint density at radius 2 is 2.11 bits per heavy atom. The van der Waals surface area contributed by atoms with E-state index < -0.39 is 5.67 Å². The van der Waals surface area contributed by atoms with Crippen molar-refractivity contribution < 1.29 is 4.39 Å². The fraction of sp³-hybridized carbons (Fsp3) is 0.500. The van der Waals surface area contributed by atoms with Crippen LogP contribution >= 0.6 is 0 Å². The molecule has 6 rings (SSSR count). The number of para-hydroxylation sites is 1. The third-order valence-corrected chi connectivity index (χ3v) is 7.19. The van der Waals surface area contributed by atoms with Crippen LogP contribution in [0.15, 0.2) is 36.5 Å². The van der Waals surface area contributed by atoms with Gasteiger partial charge in [-0.05, 0) is 43.7 Å². The van der Waals surface area contributed by atoms with Gasteiger partial charge in [-0.1, -0.05) is 50.5 Å². The summed E-state index contributed by atoms with van der Waals surface area (Å²) < 4.78 is 14.5. The van der Waals surface area contributed by atoms with Gasteiger partial charge in [-0.2, -0.15) is 0 Å². The quantitative estimate of drug-likeness (QED) is 0.680. The summed E-state index contributed by atoms with van der Waals surface area (Å²) in [7, 11) is 0. The highest BCUT2D eigenvalue weighted by Gasteiger charge is 2.73. The SMILES string of the molecule is C#CC(=C)N1[C@@H](CCCC)Cc2c([nH]c3ccccc23)[C@@H]1C12CC(F)(C1)C2. The lowest BCUT2D eigenvalue weighted by molar-refractivity contribution is -0.249. The molecule has 1 aromatic heterocycles. The van der Waals surface area contributed by atoms with Gasteiger partial charge < -0.3 is 9.88 Å². The second-order valence-electron chi connectivity index (χ2n) is 9.01. The summed E-state index contributed by atoms with van der Waals surface area (Å²) in [5.74, 6) is 2.81. The number of alkyl halides is 1. The molecule has 3 fully saturated rings. The molecule has 0 amide bonds. The number of aromatic amines is 1. The predicted molar refractivity (Wildman–Crippen MR) is 108 cm³/mol. The number of H-pyrrole nitrogens is 1. The Kier molecular flexibility index (Phi) is 3.54. The van der Waals surface area contributed by atoms with Gasteiger partial charge in [0.1, 0.15) is 5.67 Å². The Morgan fingerprint density at radius 3 is 2.78 bits per heavy atom. The number of unbranched alkanes of at least 4 members (excludes halogenated alkanes) is 1. The van der Waals surface area contributed by atoms with Crippen LogP contribution in [0, 0.1) is 17.8 Å². The van der Waals surface area contributed by atoms with Gasteiger partial charge in [-0.3, -0.25) is 0 Å². The summed E-state index contributed by atoms with van der Waals surface area (Å²) >= 11 is 0. The zero-order valence-electron chi connectivity index (χ0n) is 16.0. The first-order valence-corrected chi connectivity index (χ1v) is 10.2. The largest absolute Gasteiger partial charge is 0.356 e. The van der Waals surface area contributed by atoms with Crippen LogP contribution in [0.1, 0.15) is 62.7 Å². The van der Waals surface area contributed by atoms with Crippen LogP contribution in [0.25, 0.3) is 10.9 Å². The van der Waals surface area contributed by atoms with Crippen LogP contribution < -0.4 is 0 Å². The smallest absolute Gasteiger partial charge is 0.113 e. The van der Waals surface area contributed by atoms with Gasteiger partial charge in [0.2, 0.25) is 0 Å². The lowest BCUT2D eigenvalue weighted by Gasteiger charge is -2.71. The van der Waals surface area contributed by atoms with Crippen LogP contribution in [0.2, 0.25) is 0 Å². The summed E-state index contributed by atoms with van der Waals surface area (Å²) in [5.41, 5.74) is 3.68. The average Bonchev–Trinajstić information content (AvgIpc) is 2.99. The first-order valence-electron chi connectivity index (χ1n) is 10.2. The fourth-order valence-electron chi connectivity index (χ4n) is 6.12. The van der Waals surface area contributed by atoms with E-state index in [-0.39, 0.29) is 11.5 Å². The molecule has 2 atom stereocenters. The molecule has 2 bridgehead atoms. The van der Waals surface area contributed by atoms with Gasteiger partial charge in [-0.25, -0.2) is 4.39 Å².